The van der Waals surface area contributed by atoms with E-state index in [1.165, 1.54) is 35.2 Å². The summed E-state index contributed by atoms with van der Waals surface area (Å²) in [5, 5.41) is 0.440. The Morgan fingerprint density at radius 1 is 0.882 bits per heavy atom. The minimum Gasteiger partial charge on any atom is -0.497 e. The smallest absolute Gasteiger partial charge is 0.266 e. The lowest BCUT2D eigenvalue weighted by atomic mass is 10.2. The lowest BCUT2D eigenvalue weighted by molar-refractivity contribution is 0.378. The molecule has 1 unspecified atom stereocenters. The second-order valence-electron chi connectivity index (χ2n) is 7.70. The number of para-hydroxylation sites is 1. The molecule has 0 N–H and O–H groups in total. The highest BCUT2D eigenvalue weighted by molar-refractivity contribution is 7.89. The molecule has 0 saturated carbocycles. The topological polar surface area (TPSA) is 90.7 Å². The summed E-state index contributed by atoms with van der Waals surface area (Å²) < 4.78 is 39.8. The van der Waals surface area contributed by atoms with Crippen LogP contribution in [-0.2, 0) is 10.0 Å². The molecule has 0 fully saturated rings. The van der Waals surface area contributed by atoms with Crippen molar-refractivity contribution in [2.45, 2.75) is 17.9 Å². The molecule has 0 bridgehead atoms. The predicted octanol–water partition coefficient (Wildman–Crippen LogP) is 3.78. The minimum absolute atomic E-state index is 0.113. The summed E-state index contributed by atoms with van der Waals surface area (Å²) in [6.45, 7) is 1.71. The van der Waals surface area contributed by atoms with E-state index in [4.69, 9.17) is 14.5 Å². The SMILES string of the molecule is COc1ccc(-n2c(C(C)N(C)S(=O)(=O)c3ccc(OC)cc3)nc3ccccc3c2=O)cc1. The zero-order valence-electron chi connectivity index (χ0n) is 19.3. The van der Waals surface area contributed by atoms with Crippen LogP contribution in [0.25, 0.3) is 16.6 Å². The molecular formula is C25H25N3O5S. The van der Waals surface area contributed by atoms with E-state index in [2.05, 4.69) is 0 Å². The van der Waals surface area contributed by atoms with Gasteiger partial charge in [0.1, 0.15) is 17.3 Å². The molecule has 0 aliphatic heterocycles. The molecule has 9 heteroatoms. The summed E-state index contributed by atoms with van der Waals surface area (Å²) in [6, 6.07) is 19.4. The quantitative estimate of drug-likeness (QED) is 0.401. The first-order chi connectivity index (χ1) is 16.3. The van der Waals surface area contributed by atoms with Crippen LogP contribution >= 0.6 is 0 Å². The maximum Gasteiger partial charge on any atom is 0.266 e. The van der Waals surface area contributed by atoms with Gasteiger partial charge in [0.05, 0.1) is 41.7 Å². The molecule has 4 aromatic rings. The van der Waals surface area contributed by atoms with Crippen LogP contribution in [0.2, 0.25) is 0 Å². The minimum atomic E-state index is -3.88. The third-order valence-electron chi connectivity index (χ3n) is 5.79. The van der Waals surface area contributed by atoms with Crippen LogP contribution in [0, 0.1) is 0 Å². The highest BCUT2D eigenvalue weighted by Crippen LogP contribution is 2.28. The summed E-state index contributed by atoms with van der Waals surface area (Å²) in [4.78, 5) is 18.4. The molecule has 0 aliphatic carbocycles. The van der Waals surface area contributed by atoms with Gasteiger partial charge in [-0.25, -0.2) is 13.4 Å². The Hall–Kier alpha value is -3.69. The molecule has 0 amide bonds. The van der Waals surface area contributed by atoms with Crippen molar-refractivity contribution in [1.82, 2.24) is 13.9 Å². The van der Waals surface area contributed by atoms with Crippen LogP contribution < -0.4 is 15.0 Å². The predicted molar refractivity (Wildman–Crippen MR) is 130 cm³/mol. The van der Waals surface area contributed by atoms with Crippen molar-refractivity contribution in [2.24, 2.45) is 0 Å². The number of hydrogen-bond acceptors (Lipinski definition) is 6. The van der Waals surface area contributed by atoms with E-state index in [0.29, 0.717) is 33.9 Å². The van der Waals surface area contributed by atoms with Gasteiger partial charge in [0.25, 0.3) is 5.56 Å². The number of fused-ring (bicyclic) bond motifs is 1. The first-order valence-corrected chi connectivity index (χ1v) is 12.0. The van der Waals surface area contributed by atoms with Crippen molar-refractivity contribution < 1.29 is 17.9 Å². The van der Waals surface area contributed by atoms with E-state index in [1.807, 2.05) is 0 Å². The molecule has 0 saturated heterocycles. The monoisotopic (exact) mass is 479 g/mol. The molecular weight excluding hydrogens is 454 g/mol. The Balaban J connectivity index is 1.87. The summed E-state index contributed by atoms with van der Waals surface area (Å²) >= 11 is 0. The van der Waals surface area contributed by atoms with Gasteiger partial charge in [0.2, 0.25) is 10.0 Å². The van der Waals surface area contributed by atoms with Crippen LogP contribution in [0.1, 0.15) is 18.8 Å². The molecule has 34 heavy (non-hydrogen) atoms. The van der Waals surface area contributed by atoms with Crippen molar-refractivity contribution in [2.75, 3.05) is 21.3 Å². The molecule has 1 atom stereocenters. The Bertz CT molecular complexity index is 1480. The van der Waals surface area contributed by atoms with E-state index in [9.17, 15) is 13.2 Å². The van der Waals surface area contributed by atoms with E-state index in [-0.39, 0.29) is 10.5 Å². The van der Waals surface area contributed by atoms with Gasteiger partial charge in [-0.3, -0.25) is 9.36 Å². The maximum atomic E-state index is 13.5. The molecule has 0 spiro atoms. The van der Waals surface area contributed by atoms with Gasteiger partial charge in [-0.15, -0.1) is 0 Å². The molecule has 0 aliphatic rings. The largest absolute Gasteiger partial charge is 0.497 e. The van der Waals surface area contributed by atoms with Gasteiger partial charge in [0.15, 0.2) is 0 Å². The van der Waals surface area contributed by atoms with Crippen LogP contribution in [0.15, 0.2) is 82.5 Å². The number of sulfonamides is 1. The van der Waals surface area contributed by atoms with E-state index >= 15 is 0 Å². The standard InChI is InChI=1S/C25H25N3O5S/c1-17(27(2)34(30,31)21-15-13-20(33-4)14-16-21)24-26-23-8-6-5-7-22(23)25(29)28(24)18-9-11-19(32-3)12-10-18/h5-17H,1-4H3. The maximum absolute atomic E-state index is 13.5. The van der Waals surface area contributed by atoms with Gasteiger partial charge in [0, 0.05) is 7.05 Å². The molecule has 0 radical (unpaired) electrons. The number of rotatable bonds is 7. The third kappa shape index (κ3) is 4.15. The number of benzene rings is 3. The Morgan fingerprint density at radius 3 is 2.03 bits per heavy atom. The van der Waals surface area contributed by atoms with Crippen molar-refractivity contribution >= 4 is 20.9 Å². The lowest BCUT2D eigenvalue weighted by Gasteiger charge is -2.26. The van der Waals surface area contributed by atoms with Gasteiger partial charge in [-0.2, -0.15) is 4.31 Å². The Labute approximate surface area is 198 Å². The second-order valence-corrected chi connectivity index (χ2v) is 9.70. The molecule has 176 valence electrons. The average molecular weight is 480 g/mol. The molecule has 8 nitrogen and oxygen atoms in total. The van der Waals surface area contributed by atoms with Crippen LogP contribution in [-0.4, -0.2) is 43.5 Å². The fourth-order valence-electron chi connectivity index (χ4n) is 3.70. The lowest BCUT2D eigenvalue weighted by Crippen LogP contribution is -2.34. The zero-order valence-corrected chi connectivity index (χ0v) is 20.1. The second kappa shape index (κ2) is 9.28. The third-order valence-corrected chi connectivity index (χ3v) is 7.73. The normalized spacial score (nSPS) is 12.6. The van der Waals surface area contributed by atoms with E-state index in [1.54, 1.807) is 74.7 Å². The Morgan fingerprint density at radius 2 is 1.44 bits per heavy atom. The van der Waals surface area contributed by atoms with Crippen molar-refractivity contribution in [1.29, 1.82) is 0 Å². The van der Waals surface area contributed by atoms with Crippen LogP contribution in [0.4, 0.5) is 0 Å². The number of hydrogen-bond donors (Lipinski definition) is 0. The highest BCUT2D eigenvalue weighted by atomic mass is 32.2. The number of nitrogens with zero attached hydrogens (tertiary/aromatic N) is 3. The number of ether oxygens (including phenoxy) is 2. The van der Waals surface area contributed by atoms with Crippen molar-refractivity contribution in [3.8, 4) is 17.2 Å². The molecule has 1 heterocycles. The summed E-state index contributed by atoms with van der Waals surface area (Å²) in [5.41, 5.74) is 0.767. The molecule has 3 aromatic carbocycles. The van der Waals surface area contributed by atoms with Crippen LogP contribution in [0.3, 0.4) is 0 Å². The van der Waals surface area contributed by atoms with Crippen LogP contribution in [0.5, 0.6) is 11.5 Å². The zero-order chi connectivity index (χ0) is 24.5. The number of methoxy groups -OCH3 is 2. The fraction of sp³-hybridized carbons (Fsp3) is 0.200. The van der Waals surface area contributed by atoms with Crippen molar-refractivity contribution in [3.63, 3.8) is 0 Å². The molecule has 1 aromatic heterocycles. The first-order valence-electron chi connectivity index (χ1n) is 10.6. The summed E-state index contributed by atoms with van der Waals surface area (Å²) in [7, 11) is 0.668. The number of aromatic nitrogens is 2. The van der Waals surface area contributed by atoms with Crippen molar-refractivity contribution in [3.05, 3.63) is 89.0 Å². The average Bonchev–Trinajstić information content (AvgIpc) is 2.88. The van der Waals surface area contributed by atoms with Gasteiger partial charge >= 0.3 is 0 Å². The summed E-state index contributed by atoms with van der Waals surface area (Å²) in [6.07, 6.45) is 0. The van der Waals surface area contributed by atoms with Gasteiger partial charge in [-0.1, -0.05) is 12.1 Å². The first kappa shape index (κ1) is 23.5. The van der Waals surface area contributed by atoms with E-state index < -0.39 is 16.1 Å². The fourth-order valence-corrected chi connectivity index (χ4v) is 5.02. The van der Waals surface area contributed by atoms with E-state index in [0.717, 1.165) is 0 Å². The Kier molecular flexibility index (Phi) is 6.41. The van der Waals surface area contributed by atoms with Gasteiger partial charge < -0.3 is 9.47 Å². The molecule has 4 rings (SSSR count). The highest BCUT2D eigenvalue weighted by Gasteiger charge is 2.30. The van der Waals surface area contributed by atoms with Gasteiger partial charge in [-0.05, 0) is 67.6 Å². The summed E-state index contributed by atoms with van der Waals surface area (Å²) in [5.74, 6) is 1.49.